The van der Waals surface area contributed by atoms with Crippen LogP contribution in [-0.4, -0.2) is 6.29 Å². The molecule has 1 atom stereocenters. The van der Waals surface area contributed by atoms with Gasteiger partial charge in [-0.15, -0.1) is 0 Å². The molecule has 0 saturated heterocycles. The highest BCUT2D eigenvalue weighted by Crippen LogP contribution is 2.12. The molecule has 0 aromatic heterocycles. The van der Waals surface area contributed by atoms with Gasteiger partial charge in [0.15, 0.2) is 0 Å². The summed E-state index contributed by atoms with van der Waals surface area (Å²) in [6.45, 7) is 8.62. The molecule has 0 bridgehead atoms. The third-order valence-corrected chi connectivity index (χ3v) is 2.74. The molecule has 0 fully saturated rings. The number of carbonyl (C=O) groups excluding carboxylic acids is 1. The van der Waals surface area contributed by atoms with E-state index in [0.717, 1.165) is 32.0 Å². The van der Waals surface area contributed by atoms with Gasteiger partial charge in [-0.2, -0.15) is 0 Å². The van der Waals surface area contributed by atoms with E-state index in [1.54, 1.807) is 0 Å². The Morgan fingerprint density at radius 2 is 1.81 bits per heavy atom. The summed E-state index contributed by atoms with van der Waals surface area (Å²) in [6.07, 6.45) is 10.9. The third kappa shape index (κ3) is 9.70. The monoisotopic (exact) mass is 222 g/mol. The smallest absolute Gasteiger partial charge is 0.120 e. The second kappa shape index (κ2) is 9.38. The first-order valence-corrected chi connectivity index (χ1v) is 6.29. The fourth-order valence-electron chi connectivity index (χ4n) is 1.59. The van der Waals surface area contributed by atoms with Gasteiger partial charge in [0.25, 0.3) is 0 Å². The van der Waals surface area contributed by atoms with Crippen LogP contribution in [0.15, 0.2) is 23.3 Å². The van der Waals surface area contributed by atoms with Gasteiger partial charge in [0, 0.05) is 6.42 Å². The van der Waals surface area contributed by atoms with Crippen molar-refractivity contribution in [3.05, 3.63) is 23.3 Å². The van der Waals surface area contributed by atoms with Crippen molar-refractivity contribution in [2.45, 2.75) is 59.8 Å². The summed E-state index contributed by atoms with van der Waals surface area (Å²) in [5.74, 6) is 0.527. The maximum Gasteiger partial charge on any atom is 0.120 e. The van der Waals surface area contributed by atoms with E-state index in [9.17, 15) is 4.79 Å². The molecule has 0 aliphatic rings. The molecule has 0 spiro atoms. The average Bonchev–Trinajstić information content (AvgIpc) is 2.17. The van der Waals surface area contributed by atoms with Gasteiger partial charge in [-0.25, -0.2) is 0 Å². The van der Waals surface area contributed by atoms with E-state index in [1.165, 1.54) is 11.1 Å². The minimum atomic E-state index is 0.527. The van der Waals surface area contributed by atoms with Crippen LogP contribution in [0.25, 0.3) is 0 Å². The first-order chi connectivity index (χ1) is 7.56. The first-order valence-electron chi connectivity index (χ1n) is 6.29. The van der Waals surface area contributed by atoms with Crippen LogP contribution in [0.3, 0.4) is 0 Å². The maximum absolute atomic E-state index is 10.3. The number of hydrogen-bond donors (Lipinski definition) is 0. The van der Waals surface area contributed by atoms with Crippen molar-refractivity contribution in [1.82, 2.24) is 0 Å². The van der Waals surface area contributed by atoms with Crippen LogP contribution in [0.2, 0.25) is 0 Å². The van der Waals surface area contributed by atoms with Gasteiger partial charge in [0.2, 0.25) is 0 Å². The van der Waals surface area contributed by atoms with Crippen molar-refractivity contribution in [2.24, 2.45) is 5.92 Å². The molecule has 0 aromatic carbocycles. The molecule has 0 aliphatic carbocycles. The average molecular weight is 222 g/mol. The van der Waals surface area contributed by atoms with Crippen LogP contribution >= 0.6 is 0 Å². The quantitative estimate of drug-likeness (QED) is 0.430. The zero-order chi connectivity index (χ0) is 12.4. The lowest BCUT2D eigenvalue weighted by Crippen LogP contribution is -1.94. The van der Waals surface area contributed by atoms with E-state index >= 15 is 0 Å². The lowest BCUT2D eigenvalue weighted by atomic mass is 10.0. The number of aldehydes is 1. The summed E-state index contributed by atoms with van der Waals surface area (Å²) in [7, 11) is 0. The van der Waals surface area contributed by atoms with Crippen molar-refractivity contribution in [1.29, 1.82) is 0 Å². The molecule has 0 saturated carbocycles. The minimum Gasteiger partial charge on any atom is -0.303 e. The second-order valence-corrected chi connectivity index (χ2v) is 4.96. The lowest BCUT2D eigenvalue weighted by Gasteiger charge is -2.05. The summed E-state index contributed by atoms with van der Waals surface area (Å²) >= 11 is 0. The molecule has 0 aromatic rings. The lowest BCUT2D eigenvalue weighted by molar-refractivity contribution is -0.108. The zero-order valence-corrected chi connectivity index (χ0v) is 11.3. The molecule has 0 amide bonds. The molecule has 1 heteroatoms. The Labute approximate surface area is 101 Å². The van der Waals surface area contributed by atoms with Gasteiger partial charge >= 0.3 is 0 Å². The minimum absolute atomic E-state index is 0.527. The molecule has 0 unspecified atom stereocenters. The summed E-state index contributed by atoms with van der Waals surface area (Å²) in [5.41, 5.74) is 2.86. The topological polar surface area (TPSA) is 17.1 Å². The molecule has 0 N–H and O–H groups in total. The SMILES string of the molecule is CC(C)=CCC/C(C)=C\CC[C@H](C)CC=O. The third-order valence-electron chi connectivity index (χ3n) is 2.74. The van der Waals surface area contributed by atoms with E-state index in [1.807, 2.05) is 0 Å². The predicted molar refractivity (Wildman–Crippen MR) is 71.5 cm³/mol. The van der Waals surface area contributed by atoms with Gasteiger partial charge in [0.05, 0.1) is 0 Å². The Bertz CT molecular complexity index is 244. The van der Waals surface area contributed by atoms with Crippen molar-refractivity contribution in [3.63, 3.8) is 0 Å². The maximum atomic E-state index is 10.3. The summed E-state index contributed by atoms with van der Waals surface area (Å²) in [4.78, 5) is 10.3. The van der Waals surface area contributed by atoms with E-state index in [2.05, 4.69) is 39.8 Å². The Morgan fingerprint density at radius 1 is 1.12 bits per heavy atom. The Balaban J connectivity index is 3.70. The van der Waals surface area contributed by atoms with Crippen molar-refractivity contribution in [2.75, 3.05) is 0 Å². The summed E-state index contributed by atoms with van der Waals surface area (Å²) < 4.78 is 0. The molecule has 92 valence electrons. The Morgan fingerprint density at radius 3 is 2.38 bits per heavy atom. The largest absolute Gasteiger partial charge is 0.303 e. The molecule has 0 aliphatic heterocycles. The van der Waals surface area contributed by atoms with E-state index in [4.69, 9.17) is 0 Å². The van der Waals surface area contributed by atoms with E-state index in [-0.39, 0.29) is 0 Å². The zero-order valence-electron chi connectivity index (χ0n) is 11.3. The number of rotatable bonds is 8. The Hall–Kier alpha value is -0.850. The fraction of sp³-hybridized carbons (Fsp3) is 0.667. The molecule has 0 heterocycles. The highest BCUT2D eigenvalue weighted by Gasteiger charge is 1.99. The van der Waals surface area contributed by atoms with E-state index < -0.39 is 0 Å². The van der Waals surface area contributed by atoms with Gasteiger partial charge < -0.3 is 4.79 Å². The van der Waals surface area contributed by atoms with Crippen LogP contribution < -0.4 is 0 Å². The molecular formula is C15H26O. The second-order valence-electron chi connectivity index (χ2n) is 4.96. The summed E-state index contributed by atoms with van der Waals surface area (Å²) in [5, 5.41) is 0. The summed E-state index contributed by atoms with van der Waals surface area (Å²) in [6, 6.07) is 0. The van der Waals surface area contributed by atoms with Crippen molar-refractivity contribution < 1.29 is 4.79 Å². The normalized spacial score (nSPS) is 13.4. The first kappa shape index (κ1) is 15.2. The number of hydrogen-bond acceptors (Lipinski definition) is 1. The van der Waals surface area contributed by atoms with Gasteiger partial charge in [-0.05, 0) is 52.4 Å². The predicted octanol–water partition coefficient (Wildman–Crippen LogP) is 4.68. The molecule has 1 nitrogen and oxygen atoms in total. The van der Waals surface area contributed by atoms with Gasteiger partial charge in [-0.1, -0.05) is 30.2 Å². The van der Waals surface area contributed by atoms with Crippen LogP contribution in [0, 0.1) is 5.92 Å². The molecule has 16 heavy (non-hydrogen) atoms. The molecule has 0 rings (SSSR count). The van der Waals surface area contributed by atoms with Crippen LogP contribution in [-0.2, 0) is 4.79 Å². The fourth-order valence-corrected chi connectivity index (χ4v) is 1.59. The van der Waals surface area contributed by atoms with Gasteiger partial charge in [0.1, 0.15) is 6.29 Å². The van der Waals surface area contributed by atoms with Crippen LogP contribution in [0.5, 0.6) is 0 Å². The molecule has 0 radical (unpaired) electrons. The molecular weight excluding hydrogens is 196 g/mol. The van der Waals surface area contributed by atoms with Crippen LogP contribution in [0.1, 0.15) is 59.8 Å². The standard InChI is InChI=1S/C15H26O/c1-13(2)7-5-8-14(3)9-6-10-15(4)11-12-16/h7,9,12,15H,5-6,8,10-11H2,1-4H3/b14-9-/t15-/m0/s1. The van der Waals surface area contributed by atoms with Crippen molar-refractivity contribution in [3.8, 4) is 0 Å². The number of carbonyl (C=O) groups is 1. The highest BCUT2D eigenvalue weighted by molar-refractivity contribution is 5.49. The number of allylic oxidation sites excluding steroid dienone is 4. The highest BCUT2D eigenvalue weighted by atomic mass is 16.1. The Kier molecular flexibility index (Phi) is 8.88. The van der Waals surface area contributed by atoms with E-state index in [0.29, 0.717) is 12.3 Å². The van der Waals surface area contributed by atoms with Gasteiger partial charge in [-0.3, -0.25) is 0 Å². The van der Waals surface area contributed by atoms with Crippen LogP contribution in [0.4, 0.5) is 0 Å². The van der Waals surface area contributed by atoms with Crippen molar-refractivity contribution >= 4 is 6.29 Å².